The molecule has 152 valence electrons. The maximum Gasteiger partial charge on any atom is 0.302 e. The lowest BCUT2D eigenvalue weighted by Gasteiger charge is -2.38. The molecule has 7 heteroatoms. The van der Waals surface area contributed by atoms with E-state index in [1.54, 1.807) is 12.1 Å². The first-order valence-electron chi connectivity index (χ1n) is 9.86. The molecule has 0 saturated carbocycles. The predicted molar refractivity (Wildman–Crippen MR) is 112 cm³/mol. The number of hydrogen-bond acceptors (Lipinski definition) is 6. The molecule has 2 atom stereocenters. The number of carbonyl (C=O) groups is 1. The predicted octanol–water partition coefficient (Wildman–Crippen LogP) is 4.58. The van der Waals surface area contributed by atoms with Crippen LogP contribution >= 0.6 is 0 Å². The van der Waals surface area contributed by atoms with Gasteiger partial charge in [0.25, 0.3) is 0 Å². The van der Waals surface area contributed by atoms with Crippen LogP contribution in [-0.4, -0.2) is 16.7 Å². The highest BCUT2D eigenvalue weighted by atomic mass is 19.1. The van der Waals surface area contributed by atoms with Crippen molar-refractivity contribution in [2.75, 3.05) is 5.32 Å². The molecule has 2 aromatic carbocycles. The number of benzene rings is 2. The van der Waals surface area contributed by atoms with Crippen LogP contribution in [0.3, 0.4) is 0 Å². The van der Waals surface area contributed by atoms with Crippen molar-refractivity contribution in [1.29, 1.82) is 0 Å². The Bertz CT molecular complexity index is 1180. The highest BCUT2D eigenvalue weighted by Gasteiger charge is 2.42. The lowest BCUT2D eigenvalue weighted by molar-refractivity contribution is -0.124. The molecule has 2 N–H and O–H groups in total. The van der Waals surface area contributed by atoms with Crippen molar-refractivity contribution in [2.45, 2.75) is 26.3 Å². The average molecular weight is 404 g/mol. The van der Waals surface area contributed by atoms with Crippen LogP contribution in [0.2, 0.25) is 0 Å². The monoisotopic (exact) mass is 404 g/mol. The third-order valence-corrected chi connectivity index (χ3v) is 5.41. The van der Waals surface area contributed by atoms with Crippen molar-refractivity contribution in [2.24, 2.45) is 16.3 Å². The van der Waals surface area contributed by atoms with Gasteiger partial charge in [0, 0.05) is 12.1 Å². The van der Waals surface area contributed by atoms with E-state index in [0.717, 1.165) is 11.2 Å². The molecule has 1 aromatic heterocycles. The van der Waals surface area contributed by atoms with E-state index in [0.29, 0.717) is 29.5 Å². The second-order valence-corrected chi connectivity index (χ2v) is 8.42. The van der Waals surface area contributed by atoms with Crippen LogP contribution < -0.4 is 10.6 Å². The number of carbonyl (C=O) groups excluding carboxylic acids is 1. The molecule has 0 radical (unpaired) electrons. The molecule has 0 unspecified atom stereocenters. The van der Waals surface area contributed by atoms with Crippen molar-refractivity contribution < 1.29 is 13.6 Å². The van der Waals surface area contributed by atoms with E-state index in [-0.39, 0.29) is 17.0 Å². The Morgan fingerprint density at radius 2 is 2.03 bits per heavy atom. The van der Waals surface area contributed by atoms with Gasteiger partial charge in [0.1, 0.15) is 17.1 Å². The number of para-hydroxylation sites is 2. The third kappa shape index (κ3) is 3.36. The molecule has 5 rings (SSSR count). The van der Waals surface area contributed by atoms with Crippen LogP contribution in [0.15, 0.2) is 69.7 Å². The zero-order valence-electron chi connectivity index (χ0n) is 16.6. The number of aliphatic imine (C=N–C) groups is 1. The maximum absolute atomic E-state index is 13.9. The van der Waals surface area contributed by atoms with Crippen molar-refractivity contribution in [3.8, 4) is 0 Å². The van der Waals surface area contributed by atoms with Crippen LogP contribution in [0.1, 0.15) is 31.9 Å². The number of anilines is 1. The normalized spacial score (nSPS) is 22.7. The van der Waals surface area contributed by atoms with Gasteiger partial charge in [-0.3, -0.25) is 10.1 Å². The fourth-order valence-corrected chi connectivity index (χ4v) is 4.18. The molecule has 0 saturated heterocycles. The lowest BCUT2D eigenvalue weighted by atomic mass is 9.72. The molecule has 0 bridgehead atoms. The number of allylic oxidation sites excluding steroid dienone is 1. The molecular weight excluding hydrogens is 383 g/mol. The molecule has 30 heavy (non-hydrogen) atoms. The Morgan fingerprint density at radius 1 is 1.20 bits per heavy atom. The number of ketones is 1. The molecule has 1 aliphatic heterocycles. The quantitative estimate of drug-likeness (QED) is 0.654. The highest BCUT2D eigenvalue weighted by Crippen LogP contribution is 2.42. The summed E-state index contributed by atoms with van der Waals surface area (Å²) in [5.41, 5.74) is 2.52. The largest absolute Gasteiger partial charge is 0.423 e. The second kappa shape index (κ2) is 6.79. The van der Waals surface area contributed by atoms with Gasteiger partial charge in [-0.25, -0.2) is 9.38 Å². The van der Waals surface area contributed by atoms with Crippen LogP contribution in [0, 0.1) is 17.2 Å². The number of Topliss-reactive ketones (excluding diaryl/α,β-unsaturated/α-hetero) is 1. The first-order chi connectivity index (χ1) is 14.4. The van der Waals surface area contributed by atoms with E-state index >= 15 is 0 Å². The van der Waals surface area contributed by atoms with Gasteiger partial charge >= 0.3 is 6.01 Å². The van der Waals surface area contributed by atoms with Gasteiger partial charge in [0.05, 0.1) is 12.0 Å². The smallest absolute Gasteiger partial charge is 0.302 e. The van der Waals surface area contributed by atoms with Gasteiger partial charge in [-0.1, -0.05) is 44.2 Å². The minimum Gasteiger partial charge on any atom is -0.423 e. The number of oxazole rings is 1. The van der Waals surface area contributed by atoms with Crippen LogP contribution in [-0.2, 0) is 4.79 Å². The second-order valence-electron chi connectivity index (χ2n) is 8.42. The Morgan fingerprint density at radius 3 is 2.83 bits per heavy atom. The maximum atomic E-state index is 13.9. The number of fused-ring (bicyclic) bond motifs is 2. The molecule has 2 heterocycles. The van der Waals surface area contributed by atoms with E-state index in [2.05, 4.69) is 21.7 Å². The summed E-state index contributed by atoms with van der Waals surface area (Å²) in [7, 11) is 0. The Hall–Kier alpha value is -3.48. The zero-order chi connectivity index (χ0) is 20.9. The van der Waals surface area contributed by atoms with E-state index < -0.39 is 12.0 Å². The first-order valence-corrected chi connectivity index (χ1v) is 9.86. The molecule has 6 nitrogen and oxygen atoms in total. The van der Waals surface area contributed by atoms with Gasteiger partial charge in [0.2, 0.25) is 5.96 Å². The van der Waals surface area contributed by atoms with E-state index in [1.807, 2.05) is 38.1 Å². The van der Waals surface area contributed by atoms with E-state index in [9.17, 15) is 9.18 Å². The number of nitrogens with one attached hydrogen (secondary N) is 2. The van der Waals surface area contributed by atoms with Crippen LogP contribution in [0.5, 0.6) is 0 Å². The number of aromatic nitrogens is 1. The molecule has 1 aliphatic carbocycles. The number of nitrogens with zero attached hydrogens (tertiary/aromatic N) is 2. The van der Waals surface area contributed by atoms with Gasteiger partial charge in [-0.15, -0.1) is 0 Å². The summed E-state index contributed by atoms with van der Waals surface area (Å²) in [5, 5.41) is 6.31. The van der Waals surface area contributed by atoms with Gasteiger partial charge in [-0.2, -0.15) is 4.98 Å². The summed E-state index contributed by atoms with van der Waals surface area (Å²) >= 11 is 0. The van der Waals surface area contributed by atoms with Gasteiger partial charge in [0.15, 0.2) is 5.58 Å². The first kappa shape index (κ1) is 18.5. The molecular formula is C23H21FN4O2. The minimum absolute atomic E-state index is 0.0870. The van der Waals surface area contributed by atoms with E-state index in [1.165, 1.54) is 12.1 Å². The number of hydrogen-bond donors (Lipinski definition) is 2. The molecule has 0 amide bonds. The van der Waals surface area contributed by atoms with Gasteiger partial charge < -0.3 is 9.73 Å². The summed E-state index contributed by atoms with van der Waals surface area (Å²) in [6.45, 7) is 4.04. The van der Waals surface area contributed by atoms with E-state index in [4.69, 9.17) is 9.41 Å². The Balaban J connectivity index is 1.56. The van der Waals surface area contributed by atoms with Crippen LogP contribution in [0.25, 0.3) is 11.1 Å². The topological polar surface area (TPSA) is 79.5 Å². The zero-order valence-corrected chi connectivity index (χ0v) is 16.6. The van der Waals surface area contributed by atoms with Crippen molar-refractivity contribution in [3.05, 3.63) is 71.7 Å². The molecule has 3 aromatic rings. The average Bonchev–Trinajstić information content (AvgIpc) is 3.08. The molecule has 0 fully saturated rings. The molecule has 0 spiro atoms. The van der Waals surface area contributed by atoms with Crippen molar-refractivity contribution in [1.82, 2.24) is 10.3 Å². The Labute approximate surface area is 172 Å². The molecule has 2 aliphatic rings. The minimum atomic E-state index is -0.538. The third-order valence-electron chi connectivity index (χ3n) is 5.41. The fourth-order valence-electron chi connectivity index (χ4n) is 4.18. The SMILES string of the molecule is CC1(C)C=C2NC(Nc3nc4ccccc4o3)=N[C@H](c3cccc(F)c3)[C@H]2C(=O)C1. The summed E-state index contributed by atoms with van der Waals surface area (Å²) in [6, 6.07) is 13.5. The summed E-state index contributed by atoms with van der Waals surface area (Å²) in [5.74, 6) is -0.342. The van der Waals surface area contributed by atoms with Gasteiger partial charge in [-0.05, 0) is 35.2 Å². The summed E-state index contributed by atoms with van der Waals surface area (Å²) in [6.07, 6.45) is 2.48. The summed E-state index contributed by atoms with van der Waals surface area (Å²) < 4.78 is 19.7. The number of guanidine groups is 1. The van der Waals surface area contributed by atoms with Crippen molar-refractivity contribution in [3.63, 3.8) is 0 Å². The number of halogens is 1. The van der Waals surface area contributed by atoms with Crippen LogP contribution in [0.4, 0.5) is 10.4 Å². The fraction of sp³-hybridized carbons (Fsp3) is 0.261. The highest BCUT2D eigenvalue weighted by molar-refractivity contribution is 5.98. The summed E-state index contributed by atoms with van der Waals surface area (Å²) in [4.78, 5) is 22.1. The standard InChI is InChI=1S/C23H21FN4O2/c1-23(2)11-16-19(17(29)12-23)20(13-6-5-7-14(24)10-13)27-21(25-16)28-22-26-15-8-3-4-9-18(15)30-22/h3-11,19-20H,12H2,1-2H3,(H2,25,26,27,28)/t19-,20-/m1/s1. The number of rotatable bonds is 2. The van der Waals surface area contributed by atoms with Crippen molar-refractivity contribution >= 4 is 28.9 Å². The lowest BCUT2D eigenvalue weighted by Crippen LogP contribution is -2.45. The Kier molecular flexibility index (Phi) is 4.20.